The molecule has 0 spiro atoms. The number of rotatable bonds is 1. The average molecular weight is 267 g/mol. The van der Waals surface area contributed by atoms with Gasteiger partial charge in [0.2, 0.25) is 0 Å². The van der Waals surface area contributed by atoms with Crippen LogP contribution in [0, 0.1) is 0 Å². The Labute approximate surface area is 117 Å². The number of benzene rings is 1. The molecule has 0 bridgehead atoms. The summed E-state index contributed by atoms with van der Waals surface area (Å²) in [6.45, 7) is 1.76. The van der Waals surface area contributed by atoms with Crippen LogP contribution in [0.15, 0.2) is 24.3 Å². The summed E-state index contributed by atoms with van der Waals surface area (Å²) in [5.74, 6) is 0.121. The van der Waals surface area contributed by atoms with E-state index < -0.39 is 0 Å². The number of nitrogens with one attached hydrogen (secondary N) is 1. The van der Waals surface area contributed by atoms with Gasteiger partial charge in [0.05, 0.1) is 5.69 Å². The maximum absolute atomic E-state index is 12.5. The van der Waals surface area contributed by atoms with Crippen molar-refractivity contribution in [3.05, 3.63) is 41.1 Å². The van der Waals surface area contributed by atoms with Crippen molar-refractivity contribution in [1.29, 1.82) is 0 Å². The second-order valence-corrected chi connectivity index (χ2v) is 5.58. The zero-order valence-electron chi connectivity index (χ0n) is 11.4. The van der Waals surface area contributed by atoms with Crippen LogP contribution in [0.4, 0.5) is 0 Å². The fraction of sp³-hybridized carbons (Fsp3) is 0.375. The fourth-order valence-corrected chi connectivity index (χ4v) is 3.32. The highest BCUT2D eigenvalue weighted by Gasteiger charge is 2.28. The standard InChI is InChI=1S/C16H17N3O/c20-16(19-9-3-4-10-19)15-13-8-7-11-5-1-2-6-12(11)14(13)17-18-15/h1-2,5-6H,3-4,7-10H2,(H,17,18). The first kappa shape index (κ1) is 11.7. The Morgan fingerprint density at radius 1 is 1.15 bits per heavy atom. The third-order valence-electron chi connectivity index (χ3n) is 4.39. The molecule has 4 nitrogen and oxygen atoms in total. The van der Waals surface area contributed by atoms with Gasteiger partial charge in [-0.25, -0.2) is 0 Å². The molecule has 1 aromatic heterocycles. The predicted molar refractivity (Wildman–Crippen MR) is 76.6 cm³/mol. The van der Waals surface area contributed by atoms with Crippen molar-refractivity contribution < 1.29 is 4.79 Å². The maximum Gasteiger partial charge on any atom is 0.272 e. The number of aryl methyl sites for hydroxylation is 1. The molecular weight excluding hydrogens is 250 g/mol. The molecular formula is C16H17N3O. The SMILES string of the molecule is O=C(c1[nH]nc2c1CCc1ccccc1-2)N1CCCC1. The van der Waals surface area contributed by atoms with Gasteiger partial charge in [0.15, 0.2) is 0 Å². The van der Waals surface area contributed by atoms with Crippen LogP contribution in [0.25, 0.3) is 11.3 Å². The molecule has 2 aliphatic rings. The second-order valence-electron chi connectivity index (χ2n) is 5.58. The highest BCUT2D eigenvalue weighted by Crippen LogP contribution is 2.33. The smallest absolute Gasteiger partial charge is 0.272 e. The molecule has 102 valence electrons. The number of amides is 1. The maximum atomic E-state index is 12.5. The predicted octanol–water partition coefficient (Wildman–Crippen LogP) is 2.41. The van der Waals surface area contributed by atoms with Crippen LogP contribution in [0.3, 0.4) is 0 Å². The zero-order valence-corrected chi connectivity index (χ0v) is 11.4. The topological polar surface area (TPSA) is 49.0 Å². The molecule has 1 N–H and O–H groups in total. The highest BCUT2D eigenvalue weighted by atomic mass is 16.2. The molecule has 4 rings (SSSR count). The quantitative estimate of drug-likeness (QED) is 0.862. The minimum absolute atomic E-state index is 0.121. The Balaban J connectivity index is 1.75. The molecule has 0 atom stereocenters. The third-order valence-corrected chi connectivity index (χ3v) is 4.39. The van der Waals surface area contributed by atoms with Crippen molar-refractivity contribution in [2.75, 3.05) is 13.1 Å². The second kappa shape index (κ2) is 4.47. The number of fused-ring (bicyclic) bond motifs is 3. The Hall–Kier alpha value is -2.10. The minimum atomic E-state index is 0.121. The number of H-pyrrole nitrogens is 1. The lowest BCUT2D eigenvalue weighted by atomic mass is 9.89. The molecule has 1 saturated heterocycles. The van der Waals surface area contributed by atoms with Crippen molar-refractivity contribution in [3.8, 4) is 11.3 Å². The Morgan fingerprint density at radius 2 is 1.95 bits per heavy atom. The highest BCUT2D eigenvalue weighted by molar-refractivity contribution is 5.96. The molecule has 1 aliphatic heterocycles. The fourth-order valence-electron chi connectivity index (χ4n) is 3.32. The van der Waals surface area contributed by atoms with Crippen LogP contribution in [0.1, 0.15) is 34.5 Å². The first-order valence-electron chi connectivity index (χ1n) is 7.29. The van der Waals surface area contributed by atoms with Gasteiger partial charge in [0.1, 0.15) is 5.69 Å². The van der Waals surface area contributed by atoms with Crippen molar-refractivity contribution in [3.63, 3.8) is 0 Å². The van der Waals surface area contributed by atoms with E-state index in [2.05, 4.69) is 28.4 Å². The third kappa shape index (κ3) is 1.68. The Bertz CT molecular complexity index is 668. The van der Waals surface area contributed by atoms with Crippen molar-refractivity contribution in [1.82, 2.24) is 15.1 Å². The first-order valence-corrected chi connectivity index (χ1v) is 7.29. The first-order chi connectivity index (χ1) is 9.84. The van der Waals surface area contributed by atoms with Gasteiger partial charge in [-0.2, -0.15) is 5.10 Å². The van der Waals surface area contributed by atoms with Gasteiger partial charge in [0, 0.05) is 24.2 Å². The zero-order chi connectivity index (χ0) is 13.5. The molecule has 2 heterocycles. The van der Waals surface area contributed by atoms with Crippen molar-refractivity contribution >= 4 is 5.91 Å². The normalized spacial score (nSPS) is 16.9. The summed E-state index contributed by atoms with van der Waals surface area (Å²) in [7, 11) is 0. The molecule has 1 fully saturated rings. The largest absolute Gasteiger partial charge is 0.337 e. The van der Waals surface area contributed by atoms with Gasteiger partial charge in [-0.15, -0.1) is 0 Å². The lowest BCUT2D eigenvalue weighted by molar-refractivity contribution is 0.0786. The van der Waals surface area contributed by atoms with Crippen molar-refractivity contribution in [2.24, 2.45) is 0 Å². The van der Waals surface area contributed by atoms with E-state index in [1.165, 1.54) is 11.1 Å². The van der Waals surface area contributed by atoms with Crippen molar-refractivity contribution in [2.45, 2.75) is 25.7 Å². The molecule has 1 aromatic carbocycles. The van der Waals surface area contributed by atoms with Gasteiger partial charge < -0.3 is 4.90 Å². The van der Waals surface area contributed by atoms with E-state index in [0.29, 0.717) is 5.69 Å². The van der Waals surface area contributed by atoms with Gasteiger partial charge in [-0.3, -0.25) is 9.89 Å². The number of hydrogen-bond donors (Lipinski definition) is 1. The van der Waals surface area contributed by atoms with E-state index in [9.17, 15) is 4.79 Å². The number of likely N-dealkylation sites (tertiary alicyclic amines) is 1. The van der Waals surface area contributed by atoms with Crippen LogP contribution >= 0.6 is 0 Å². The van der Waals surface area contributed by atoms with Crippen LogP contribution in [0.2, 0.25) is 0 Å². The van der Waals surface area contributed by atoms with Crippen LogP contribution in [0.5, 0.6) is 0 Å². The van der Waals surface area contributed by atoms with E-state index >= 15 is 0 Å². The van der Waals surface area contributed by atoms with Gasteiger partial charge >= 0.3 is 0 Å². The lowest BCUT2D eigenvalue weighted by Gasteiger charge is -2.18. The summed E-state index contributed by atoms with van der Waals surface area (Å²) >= 11 is 0. The lowest BCUT2D eigenvalue weighted by Crippen LogP contribution is -2.29. The summed E-state index contributed by atoms with van der Waals surface area (Å²) < 4.78 is 0. The molecule has 1 aliphatic carbocycles. The number of hydrogen-bond acceptors (Lipinski definition) is 2. The summed E-state index contributed by atoms with van der Waals surface area (Å²) in [4.78, 5) is 14.5. The van der Waals surface area contributed by atoms with E-state index in [4.69, 9.17) is 0 Å². The van der Waals surface area contributed by atoms with Crippen LogP contribution in [-0.4, -0.2) is 34.1 Å². The summed E-state index contributed by atoms with van der Waals surface area (Å²) in [5, 5.41) is 7.41. The Morgan fingerprint density at radius 3 is 2.80 bits per heavy atom. The van der Waals surface area contributed by atoms with Crippen LogP contribution < -0.4 is 0 Å². The minimum Gasteiger partial charge on any atom is -0.337 e. The molecule has 0 radical (unpaired) electrons. The van der Waals surface area contributed by atoms with E-state index in [-0.39, 0.29) is 5.91 Å². The molecule has 4 heteroatoms. The number of aromatic amines is 1. The number of aromatic nitrogens is 2. The Kier molecular flexibility index (Phi) is 2.62. The van der Waals surface area contributed by atoms with Gasteiger partial charge in [-0.1, -0.05) is 24.3 Å². The van der Waals surface area contributed by atoms with Crippen LogP contribution in [-0.2, 0) is 12.8 Å². The molecule has 2 aromatic rings. The van der Waals surface area contributed by atoms with E-state index in [1.807, 2.05) is 11.0 Å². The average Bonchev–Trinajstić information content (AvgIpc) is 3.16. The molecule has 1 amide bonds. The molecule has 0 saturated carbocycles. The van der Waals surface area contributed by atoms with Gasteiger partial charge in [0.25, 0.3) is 5.91 Å². The van der Waals surface area contributed by atoms with E-state index in [0.717, 1.165) is 50.0 Å². The molecule has 0 unspecified atom stereocenters. The van der Waals surface area contributed by atoms with Gasteiger partial charge in [-0.05, 0) is 31.2 Å². The van der Waals surface area contributed by atoms with E-state index in [1.54, 1.807) is 0 Å². The number of carbonyl (C=O) groups is 1. The number of nitrogens with zero attached hydrogens (tertiary/aromatic N) is 2. The molecule has 20 heavy (non-hydrogen) atoms. The monoisotopic (exact) mass is 267 g/mol. The number of carbonyl (C=O) groups excluding carboxylic acids is 1. The summed E-state index contributed by atoms with van der Waals surface area (Å²) in [6, 6.07) is 8.34. The summed E-state index contributed by atoms with van der Waals surface area (Å²) in [5.41, 5.74) is 5.27. The summed E-state index contributed by atoms with van der Waals surface area (Å²) in [6.07, 6.45) is 4.12.